The summed E-state index contributed by atoms with van der Waals surface area (Å²) < 4.78 is 44.1. The monoisotopic (exact) mass is 355 g/mol. The third kappa shape index (κ3) is 4.20. The van der Waals surface area contributed by atoms with Crippen molar-refractivity contribution in [3.05, 3.63) is 28.2 Å². The van der Waals surface area contributed by atoms with E-state index in [1.54, 1.807) is 0 Å². The SMILES string of the molecule is O=C(COc1ccc(Cl)cc1Cl)N1CCCCC1C(F)(F)F. The van der Waals surface area contributed by atoms with Crippen molar-refractivity contribution in [2.24, 2.45) is 0 Å². The van der Waals surface area contributed by atoms with Crippen LogP contribution in [0.2, 0.25) is 10.0 Å². The zero-order valence-electron chi connectivity index (χ0n) is 11.5. The molecule has 1 aromatic carbocycles. The molecule has 1 aromatic rings. The molecule has 0 saturated carbocycles. The molecule has 0 radical (unpaired) electrons. The molecule has 0 aliphatic carbocycles. The maximum atomic E-state index is 13.0. The molecule has 1 unspecified atom stereocenters. The third-order valence-corrected chi connectivity index (χ3v) is 3.98. The van der Waals surface area contributed by atoms with Gasteiger partial charge >= 0.3 is 6.18 Å². The lowest BCUT2D eigenvalue weighted by Crippen LogP contribution is -2.52. The minimum atomic E-state index is -4.42. The van der Waals surface area contributed by atoms with Crippen LogP contribution in [0.15, 0.2) is 18.2 Å². The summed E-state index contributed by atoms with van der Waals surface area (Å²) in [5.74, 6) is -0.493. The number of halogens is 5. The fourth-order valence-electron chi connectivity index (χ4n) is 2.39. The molecule has 2 rings (SSSR count). The van der Waals surface area contributed by atoms with E-state index in [0.29, 0.717) is 17.9 Å². The smallest absolute Gasteiger partial charge is 0.408 e. The first-order valence-electron chi connectivity index (χ1n) is 6.73. The van der Waals surface area contributed by atoms with Crippen molar-refractivity contribution in [1.29, 1.82) is 0 Å². The number of alkyl halides is 3. The van der Waals surface area contributed by atoms with Crippen LogP contribution in [0.1, 0.15) is 19.3 Å². The highest BCUT2D eigenvalue weighted by molar-refractivity contribution is 6.35. The number of carbonyl (C=O) groups is 1. The van der Waals surface area contributed by atoms with Crippen molar-refractivity contribution in [3.8, 4) is 5.75 Å². The van der Waals surface area contributed by atoms with Crippen LogP contribution in [-0.2, 0) is 4.79 Å². The van der Waals surface area contributed by atoms with E-state index in [2.05, 4.69) is 0 Å². The molecule has 1 amide bonds. The summed E-state index contributed by atoms with van der Waals surface area (Å²) in [5, 5.41) is 0.600. The maximum Gasteiger partial charge on any atom is 0.408 e. The Morgan fingerprint density at radius 2 is 2.05 bits per heavy atom. The highest BCUT2D eigenvalue weighted by Crippen LogP contribution is 2.32. The fraction of sp³-hybridized carbons (Fsp3) is 0.500. The van der Waals surface area contributed by atoms with Crippen LogP contribution in [0.5, 0.6) is 5.75 Å². The van der Waals surface area contributed by atoms with Gasteiger partial charge in [-0.15, -0.1) is 0 Å². The molecular formula is C14H14Cl2F3NO2. The Balaban J connectivity index is 2.01. The number of likely N-dealkylation sites (tertiary alicyclic amines) is 1. The number of nitrogens with zero attached hydrogens (tertiary/aromatic N) is 1. The number of ether oxygens (including phenoxy) is 1. The van der Waals surface area contributed by atoms with Gasteiger partial charge in [0.25, 0.3) is 5.91 Å². The lowest BCUT2D eigenvalue weighted by molar-refractivity contribution is -0.196. The molecule has 122 valence electrons. The Morgan fingerprint density at radius 3 is 2.68 bits per heavy atom. The molecule has 1 heterocycles. The minimum Gasteiger partial charge on any atom is -0.482 e. The van der Waals surface area contributed by atoms with Crippen LogP contribution in [0, 0.1) is 0 Å². The van der Waals surface area contributed by atoms with Crippen molar-refractivity contribution < 1.29 is 22.7 Å². The van der Waals surface area contributed by atoms with Gasteiger partial charge in [0.1, 0.15) is 11.8 Å². The zero-order chi connectivity index (χ0) is 16.3. The Morgan fingerprint density at radius 1 is 1.32 bits per heavy atom. The Hall–Kier alpha value is -1.14. The minimum absolute atomic E-state index is 0.0725. The molecule has 1 atom stereocenters. The molecular weight excluding hydrogens is 342 g/mol. The first-order chi connectivity index (χ1) is 10.3. The van der Waals surface area contributed by atoms with E-state index in [-0.39, 0.29) is 23.7 Å². The first kappa shape index (κ1) is 17.2. The van der Waals surface area contributed by atoms with E-state index in [9.17, 15) is 18.0 Å². The van der Waals surface area contributed by atoms with E-state index in [4.69, 9.17) is 27.9 Å². The van der Waals surface area contributed by atoms with Gasteiger partial charge in [0.05, 0.1) is 5.02 Å². The van der Waals surface area contributed by atoms with Gasteiger partial charge in [-0.05, 0) is 37.5 Å². The predicted octanol–water partition coefficient (Wildman–Crippen LogP) is 4.32. The van der Waals surface area contributed by atoms with Gasteiger partial charge in [0.15, 0.2) is 6.61 Å². The van der Waals surface area contributed by atoms with Gasteiger partial charge in [0.2, 0.25) is 0 Å². The second kappa shape index (κ2) is 6.96. The van der Waals surface area contributed by atoms with Gasteiger partial charge < -0.3 is 9.64 Å². The number of piperidine rings is 1. The van der Waals surface area contributed by atoms with E-state index in [0.717, 1.165) is 4.90 Å². The number of benzene rings is 1. The van der Waals surface area contributed by atoms with Gasteiger partial charge in [-0.25, -0.2) is 0 Å². The standard InChI is InChI=1S/C14H14Cl2F3NO2/c15-9-4-5-11(10(16)7-9)22-8-13(21)20-6-2-1-3-12(20)14(17,18)19/h4-5,7,12H,1-3,6,8H2. The normalized spacial score (nSPS) is 19.1. The average Bonchev–Trinajstić information content (AvgIpc) is 2.45. The maximum absolute atomic E-state index is 13.0. The molecule has 1 saturated heterocycles. The molecule has 22 heavy (non-hydrogen) atoms. The molecule has 0 spiro atoms. The highest BCUT2D eigenvalue weighted by Gasteiger charge is 2.46. The average molecular weight is 356 g/mol. The van der Waals surface area contributed by atoms with Crippen LogP contribution in [0.25, 0.3) is 0 Å². The van der Waals surface area contributed by atoms with Crippen molar-refractivity contribution in [2.45, 2.75) is 31.5 Å². The largest absolute Gasteiger partial charge is 0.482 e. The second-order valence-corrected chi connectivity index (χ2v) is 5.85. The third-order valence-electron chi connectivity index (χ3n) is 3.45. The number of carbonyl (C=O) groups excluding carboxylic acids is 1. The van der Waals surface area contributed by atoms with Crippen molar-refractivity contribution >= 4 is 29.1 Å². The van der Waals surface area contributed by atoms with Crippen LogP contribution in [0.4, 0.5) is 13.2 Å². The van der Waals surface area contributed by atoms with Gasteiger partial charge in [0, 0.05) is 11.6 Å². The fourth-order valence-corrected chi connectivity index (χ4v) is 2.85. The summed E-state index contributed by atoms with van der Waals surface area (Å²) in [6.07, 6.45) is -3.48. The van der Waals surface area contributed by atoms with Gasteiger partial charge in [-0.2, -0.15) is 13.2 Å². The van der Waals surface area contributed by atoms with Crippen molar-refractivity contribution in [2.75, 3.05) is 13.2 Å². The Bertz CT molecular complexity index is 551. The van der Waals surface area contributed by atoms with Crippen LogP contribution >= 0.6 is 23.2 Å². The quantitative estimate of drug-likeness (QED) is 0.808. The van der Waals surface area contributed by atoms with E-state index >= 15 is 0 Å². The molecule has 0 bridgehead atoms. The van der Waals surface area contributed by atoms with Crippen LogP contribution < -0.4 is 4.74 Å². The van der Waals surface area contributed by atoms with E-state index in [1.165, 1.54) is 18.2 Å². The van der Waals surface area contributed by atoms with Gasteiger partial charge in [-0.1, -0.05) is 23.2 Å². The van der Waals surface area contributed by atoms with Crippen LogP contribution in [-0.4, -0.2) is 36.2 Å². The molecule has 0 aromatic heterocycles. The van der Waals surface area contributed by atoms with Gasteiger partial charge in [-0.3, -0.25) is 4.79 Å². The van der Waals surface area contributed by atoms with Crippen LogP contribution in [0.3, 0.4) is 0 Å². The highest BCUT2D eigenvalue weighted by atomic mass is 35.5. The summed E-state index contributed by atoms with van der Waals surface area (Å²) in [5.41, 5.74) is 0. The molecule has 3 nitrogen and oxygen atoms in total. The summed E-state index contributed by atoms with van der Waals surface area (Å²) in [7, 11) is 0. The number of hydrogen-bond donors (Lipinski definition) is 0. The molecule has 1 aliphatic rings. The van der Waals surface area contributed by atoms with Crippen molar-refractivity contribution in [3.63, 3.8) is 0 Å². The zero-order valence-corrected chi connectivity index (χ0v) is 13.0. The number of amides is 1. The molecule has 1 aliphatic heterocycles. The topological polar surface area (TPSA) is 29.5 Å². The number of rotatable bonds is 3. The molecule has 8 heteroatoms. The van der Waals surface area contributed by atoms with Crippen molar-refractivity contribution in [1.82, 2.24) is 4.90 Å². The summed E-state index contributed by atoms with van der Waals surface area (Å²) >= 11 is 11.6. The molecule has 0 N–H and O–H groups in total. The summed E-state index contributed by atoms with van der Waals surface area (Å²) in [6, 6.07) is 2.68. The summed E-state index contributed by atoms with van der Waals surface area (Å²) in [6.45, 7) is -0.408. The Kier molecular flexibility index (Phi) is 5.45. The molecule has 1 fully saturated rings. The number of hydrogen-bond acceptors (Lipinski definition) is 2. The predicted molar refractivity (Wildman–Crippen MR) is 77.4 cm³/mol. The first-order valence-corrected chi connectivity index (χ1v) is 7.48. The lowest BCUT2D eigenvalue weighted by atomic mass is 10.0. The van der Waals surface area contributed by atoms with E-state index < -0.39 is 24.7 Å². The second-order valence-electron chi connectivity index (χ2n) is 5.00. The van der Waals surface area contributed by atoms with E-state index in [1.807, 2.05) is 0 Å². The lowest BCUT2D eigenvalue weighted by Gasteiger charge is -2.36. The Labute approximate surface area is 135 Å². The summed E-state index contributed by atoms with van der Waals surface area (Å²) in [4.78, 5) is 12.9.